The molecule has 1 saturated carbocycles. The first-order valence-electron chi connectivity index (χ1n) is 6.59. The predicted molar refractivity (Wildman–Crippen MR) is 62.6 cm³/mol. The molecule has 1 aliphatic heterocycles. The van der Waals surface area contributed by atoms with E-state index in [1.165, 1.54) is 44.2 Å². The molecule has 1 aromatic rings. The minimum Gasteiger partial charge on any atom is -0.448 e. The molecule has 88 valence electrons. The Hall–Kier alpha value is -0.830. The second-order valence-electron chi connectivity index (χ2n) is 5.15. The SMILES string of the molecule is c1oc(C2CNC2)nc1C1CCCCCC1. The Labute approximate surface area is 96.6 Å². The molecule has 1 saturated heterocycles. The molecule has 16 heavy (non-hydrogen) atoms. The molecule has 1 aromatic heterocycles. The molecule has 3 heteroatoms. The van der Waals surface area contributed by atoms with Crippen LogP contribution in [0.2, 0.25) is 0 Å². The third kappa shape index (κ3) is 2.01. The van der Waals surface area contributed by atoms with Crippen LogP contribution in [0.1, 0.15) is 61.9 Å². The van der Waals surface area contributed by atoms with Gasteiger partial charge in [-0.2, -0.15) is 0 Å². The zero-order chi connectivity index (χ0) is 10.8. The van der Waals surface area contributed by atoms with E-state index in [1.807, 2.05) is 6.26 Å². The Morgan fingerprint density at radius 3 is 2.44 bits per heavy atom. The van der Waals surface area contributed by atoms with Crippen molar-refractivity contribution in [2.45, 2.75) is 50.4 Å². The Bertz CT molecular complexity index is 335. The van der Waals surface area contributed by atoms with Gasteiger partial charge in [-0.3, -0.25) is 0 Å². The van der Waals surface area contributed by atoms with Crippen LogP contribution < -0.4 is 5.32 Å². The molecule has 1 aliphatic carbocycles. The number of oxazole rings is 1. The van der Waals surface area contributed by atoms with Gasteiger partial charge in [0.1, 0.15) is 6.26 Å². The van der Waals surface area contributed by atoms with Gasteiger partial charge in [-0.05, 0) is 12.8 Å². The summed E-state index contributed by atoms with van der Waals surface area (Å²) in [5.74, 6) is 2.14. The number of rotatable bonds is 2. The van der Waals surface area contributed by atoms with Crippen molar-refractivity contribution in [3.8, 4) is 0 Å². The van der Waals surface area contributed by atoms with Crippen molar-refractivity contribution in [3.63, 3.8) is 0 Å². The number of nitrogens with one attached hydrogen (secondary N) is 1. The van der Waals surface area contributed by atoms with Gasteiger partial charge in [-0.1, -0.05) is 25.7 Å². The average Bonchev–Trinajstić information content (AvgIpc) is 2.52. The summed E-state index contributed by atoms with van der Waals surface area (Å²) in [5, 5.41) is 3.26. The molecular formula is C13H20N2O. The van der Waals surface area contributed by atoms with E-state index < -0.39 is 0 Å². The monoisotopic (exact) mass is 220 g/mol. The summed E-state index contributed by atoms with van der Waals surface area (Å²) in [7, 11) is 0. The van der Waals surface area contributed by atoms with Crippen LogP contribution in [-0.2, 0) is 0 Å². The molecule has 2 fully saturated rings. The fourth-order valence-corrected chi connectivity index (χ4v) is 2.71. The second kappa shape index (κ2) is 4.58. The summed E-state index contributed by atoms with van der Waals surface area (Å²) >= 11 is 0. The van der Waals surface area contributed by atoms with E-state index in [9.17, 15) is 0 Å². The van der Waals surface area contributed by atoms with Gasteiger partial charge in [-0.15, -0.1) is 0 Å². The zero-order valence-electron chi connectivity index (χ0n) is 9.74. The standard InChI is InChI=1S/C13H20N2O/c1-2-4-6-10(5-3-1)12-9-16-13(15-12)11-7-14-8-11/h9-11,14H,1-8H2. The van der Waals surface area contributed by atoms with Crippen molar-refractivity contribution in [2.24, 2.45) is 0 Å². The number of hydrogen-bond donors (Lipinski definition) is 1. The van der Waals surface area contributed by atoms with Crippen molar-refractivity contribution in [2.75, 3.05) is 13.1 Å². The van der Waals surface area contributed by atoms with Gasteiger partial charge in [0.2, 0.25) is 0 Å². The summed E-state index contributed by atoms with van der Waals surface area (Å²) in [5.41, 5.74) is 1.21. The molecule has 2 heterocycles. The second-order valence-corrected chi connectivity index (χ2v) is 5.15. The van der Waals surface area contributed by atoms with Gasteiger partial charge in [0, 0.05) is 19.0 Å². The van der Waals surface area contributed by atoms with E-state index in [2.05, 4.69) is 5.32 Å². The number of nitrogens with zero attached hydrogens (tertiary/aromatic N) is 1. The Balaban J connectivity index is 1.70. The fraction of sp³-hybridized carbons (Fsp3) is 0.769. The van der Waals surface area contributed by atoms with E-state index in [0.717, 1.165) is 19.0 Å². The van der Waals surface area contributed by atoms with Crippen LogP contribution in [0, 0.1) is 0 Å². The predicted octanol–water partition coefficient (Wildman–Crippen LogP) is 2.80. The van der Waals surface area contributed by atoms with Crippen molar-refractivity contribution < 1.29 is 4.42 Å². The molecule has 3 nitrogen and oxygen atoms in total. The lowest BCUT2D eigenvalue weighted by Crippen LogP contribution is -2.40. The van der Waals surface area contributed by atoms with E-state index in [0.29, 0.717) is 11.8 Å². The van der Waals surface area contributed by atoms with Crippen LogP contribution in [0.25, 0.3) is 0 Å². The summed E-state index contributed by atoms with van der Waals surface area (Å²) in [6.07, 6.45) is 10.0. The Kier molecular flexibility index (Phi) is 2.96. The van der Waals surface area contributed by atoms with E-state index >= 15 is 0 Å². The highest BCUT2D eigenvalue weighted by atomic mass is 16.3. The van der Waals surface area contributed by atoms with Crippen LogP contribution in [0.4, 0.5) is 0 Å². The van der Waals surface area contributed by atoms with Crippen LogP contribution in [-0.4, -0.2) is 18.1 Å². The van der Waals surface area contributed by atoms with Gasteiger partial charge in [0.25, 0.3) is 0 Å². The maximum absolute atomic E-state index is 5.61. The minimum atomic E-state index is 0.527. The van der Waals surface area contributed by atoms with Crippen molar-refractivity contribution in [1.82, 2.24) is 10.3 Å². The Morgan fingerprint density at radius 2 is 1.81 bits per heavy atom. The summed E-state index contributed by atoms with van der Waals surface area (Å²) in [6.45, 7) is 2.06. The maximum Gasteiger partial charge on any atom is 0.199 e. The molecule has 2 aliphatic rings. The quantitative estimate of drug-likeness (QED) is 0.779. The maximum atomic E-state index is 5.61. The zero-order valence-corrected chi connectivity index (χ0v) is 9.74. The van der Waals surface area contributed by atoms with E-state index in [4.69, 9.17) is 9.40 Å². The first-order chi connectivity index (χ1) is 7.93. The van der Waals surface area contributed by atoms with Crippen molar-refractivity contribution in [3.05, 3.63) is 17.8 Å². The number of hydrogen-bond acceptors (Lipinski definition) is 3. The summed E-state index contributed by atoms with van der Waals surface area (Å²) < 4.78 is 5.61. The molecule has 0 radical (unpaired) electrons. The molecule has 0 amide bonds. The van der Waals surface area contributed by atoms with E-state index in [-0.39, 0.29) is 0 Å². The van der Waals surface area contributed by atoms with Crippen LogP contribution in [0.5, 0.6) is 0 Å². The van der Waals surface area contributed by atoms with Gasteiger partial charge in [0.05, 0.1) is 11.6 Å². The van der Waals surface area contributed by atoms with Gasteiger partial charge in [-0.25, -0.2) is 4.98 Å². The lowest BCUT2D eigenvalue weighted by Gasteiger charge is -2.23. The number of aromatic nitrogens is 1. The lowest BCUT2D eigenvalue weighted by molar-refractivity contribution is 0.357. The topological polar surface area (TPSA) is 38.1 Å². The van der Waals surface area contributed by atoms with Crippen molar-refractivity contribution in [1.29, 1.82) is 0 Å². The molecule has 3 rings (SSSR count). The molecule has 0 spiro atoms. The normalized spacial score (nSPS) is 24.0. The fourth-order valence-electron chi connectivity index (χ4n) is 2.71. The van der Waals surface area contributed by atoms with E-state index in [1.54, 1.807) is 0 Å². The largest absolute Gasteiger partial charge is 0.448 e. The summed E-state index contributed by atoms with van der Waals surface area (Å²) in [4.78, 5) is 4.69. The summed E-state index contributed by atoms with van der Waals surface area (Å²) in [6, 6.07) is 0. The molecule has 0 bridgehead atoms. The molecule has 0 aromatic carbocycles. The molecule has 0 unspecified atom stereocenters. The third-order valence-electron chi connectivity index (χ3n) is 3.94. The molecular weight excluding hydrogens is 200 g/mol. The highest BCUT2D eigenvalue weighted by molar-refractivity contribution is 5.09. The smallest absolute Gasteiger partial charge is 0.199 e. The lowest BCUT2D eigenvalue weighted by atomic mass is 9.97. The third-order valence-corrected chi connectivity index (χ3v) is 3.94. The first kappa shape index (κ1) is 10.3. The highest BCUT2D eigenvalue weighted by Gasteiger charge is 2.25. The van der Waals surface area contributed by atoms with Gasteiger partial charge in [0.15, 0.2) is 5.89 Å². The van der Waals surface area contributed by atoms with Crippen LogP contribution >= 0.6 is 0 Å². The van der Waals surface area contributed by atoms with Gasteiger partial charge >= 0.3 is 0 Å². The van der Waals surface area contributed by atoms with Crippen molar-refractivity contribution >= 4 is 0 Å². The minimum absolute atomic E-state index is 0.527. The highest BCUT2D eigenvalue weighted by Crippen LogP contribution is 2.32. The average molecular weight is 220 g/mol. The van der Waals surface area contributed by atoms with Crippen LogP contribution in [0.3, 0.4) is 0 Å². The first-order valence-corrected chi connectivity index (χ1v) is 6.59. The molecule has 0 atom stereocenters. The van der Waals surface area contributed by atoms with Gasteiger partial charge < -0.3 is 9.73 Å². The Morgan fingerprint density at radius 1 is 1.06 bits per heavy atom. The molecule has 1 N–H and O–H groups in total. The van der Waals surface area contributed by atoms with Crippen LogP contribution in [0.15, 0.2) is 10.7 Å².